The summed E-state index contributed by atoms with van der Waals surface area (Å²) in [7, 11) is 0. The fraction of sp³-hybridized carbons (Fsp3) is 0.931. The predicted octanol–water partition coefficient (Wildman–Crippen LogP) is 8.41. The maximum Gasteiger partial charge on any atom is 0.309 e. The number of unbranched alkanes of at least 4 members (excludes halogenated alkanes) is 13. The monoisotopic (exact) mass is 466 g/mol. The van der Waals surface area contributed by atoms with Crippen LogP contribution in [0.2, 0.25) is 0 Å². The first-order valence-electron chi connectivity index (χ1n) is 14.4. The van der Waals surface area contributed by atoms with Crippen LogP contribution in [-0.4, -0.2) is 25.2 Å². The Bertz CT molecular complexity index is 490. The second kappa shape index (κ2) is 20.3. The summed E-state index contributed by atoms with van der Waals surface area (Å²) in [6.45, 7) is 7.39. The molecule has 1 fully saturated rings. The molecule has 1 rings (SSSR count). The second-order valence-electron chi connectivity index (χ2n) is 10.4. The summed E-state index contributed by atoms with van der Waals surface area (Å²) in [4.78, 5) is 25.1. The molecule has 0 aromatic heterocycles. The van der Waals surface area contributed by atoms with Crippen molar-refractivity contribution in [2.45, 2.75) is 143 Å². The van der Waals surface area contributed by atoms with E-state index in [4.69, 9.17) is 9.47 Å². The molecule has 194 valence electrons. The number of esters is 2. The lowest BCUT2D eigenvalue weighted by atomic mass is 9.79. The summed E-state index contributed by atoms with van der Waals surface area (Å²) in [5.74, 6) is -0.645. The van der Waals surface area contributed by atoms with E-state index in [9.17, 15) is 9.59 Å². The van der Waals surface area contributed by atoms with Gasteiger partial charge in [0.25, 0.3) is 0 Å². The molecule has 33 heavy (non-hydrogen) atoms. The minimum atomic E-state index is -0.313. The molecule has 0 aliphatic heterocycles. The third-order valence-electron chi connectivity index (χ3n) is 7.32. The van der Waals surface area contributed by atoms with Gasteiger partial charge in [-0.2, -0.15) is 0 Å². The Morgan fingerprint density at radius 2 is 1.09 bits per heavy atom. The molecule has 0 aromatic carbocycles. The molecule has 3 unspecified atom stereocenters. The van der Waals surface area contributed by atoms with Crippen molar-refractivity contribution in [1.29, 1.82) is 0 Å². The van der Waals surface area contributed by atoms with Crippen molar-refractivity contribution in [2.75, 3.05) is 13.2 Å². The Morgan fingerprint density at radius 1 is 0.667 bits per heavy atom. The van der Waals surface area contributed by atoms with E-state index in [0.717, 1.165) is 44.9 Å². The summed E-state index contributed by atoms with van der Waals surface area (Å²) >= 11 is 0. The van der Waals surface area contributed by atoms with E-state index < -0.39 is 0 Å². The Hall–Kier alpha value is -1.06. The van der Waals surface area contributed by atoms with E-state index in [0.29, 0.717) is 19.1 Å². The van der Waals surface area contributed by atoms with Crippen LogP contribution in [0.5, 0.6) is 0 Å². The van der Waals surface area contributed by atoms with Crippen LogP contribution in [0.4, 0.5) is 0 Å². The number of carbonyl (C=O) groups excluding carboxylic acids is 2. The van der Waals surface area contributed by atoms with Gasteiger partial charge in [-0.05, 0) is 25.2 Å². The third-order valence-corrected chi connectivity index (χ3v) is 7.32. The molecule has 3 atom stereocenters. The minimum Gasteiger partial charge on any atom is -0.465 e. The first-order chi connectivity index (χ1) is 16.1. The highest BCUT2D eigenvalue weighted by atomic mass is 16.5. The molecule has 1 aliphatic carbocycles. The summed E-state index contributed by atoms with van der Waals surface area (Å²) in [6.07, 6.45) is 22.9. The lowest BCUT2D eigenvalue weighted by molar-refractivity contribution is -0.163. The summed E-state index contributed by atoms with van der Waals surface area (Å²) in [5, 5.41) is 0. The number of hydrogen-bond acceptors (Lipinski definition) is 4. The van der Waals surface area contributed by atoms with Crippen molar-refractivity contribution in [2.24, 2.45) is 17.8 Å². The molecule has 0 heterocycles. The average Bonchev–Trinajstić information content (AvgIpc) is 2.84. The van der Waals surface area contributed by atoms with Crippen molar-refractivity contribution < 1.29 is 19.1 Å². The quantitative estimate of drug-likeness (QED) is 0.133. The molecule has 0 amide bonds. The third kappa shape index (κ3) is 14.7. The van der Waals surface area contributed by atoms with E-state index in [1.165, 1.54) is 77.0 Å². The van der Waals surface area contributed by atoms with E-state index in [-0.39, 0.29) is 23.8 Å². The lowest BCUT2D eigenvalue weighted by Crippen LogP contribution is -2.35. The molecule has 4 nitrogen and oxygen atoms in total. The number of hydrogen-bond donors (Lipinski definition) is 0. The fourth-order valence-electron chi connectivity index (χ4n) is 4.72. The van der Waals surface area contributed by atoms with E-state index in [1.54, 1.807) is 0 Å². The fourth-order valence-corrected chi connectivity index (χ4v) is 4.72. The molecule has 0 radical (unpaired) electrons. The minimum absolute atomic E-state index is 0.185. The molecular formula is C29H54O4. The van der Waals surface area contributed by atoms with Crippen molar-refractivity contribution in [1.82, 2.24) is 0 Å². The van der Waals surface area contributed by atoms with Gasteiger partial charge in [-0.15, -0.1) is 0 Å². The molecule has 0 bridgehead atoms. The molecule has 1 aliphatic rings. The van der Waals surface area contributed by atoms with Gasteiger partial charge in [0.15, 0.2) is 0 Å². The van der Waals surface area contributed by atoms with Gasteiger partial charge in [0, 0.05) is 0 Å². The van der Waals surface area contributed by atoms with Crippen LogP contribution in [0.3, 0.4) is 0 Å². The molecule has 4 heteroatoms. The Morgan fingerprint density at radius 3 is 1.55 bits per heavy atom. The SMILES string of the molecule is CCCCCCCCCCCCCCCCOC(=O)C1CCCCC1C(=O)OCC(C)CC. The van der Waals surface area contributed by atoms with Crippen molar-refractivity contribution in [3.8, 4) is 0 Å². The Labute approximate surface area is 205 Å². The highest BCUT2D eigenvalue weighted by Gasteiger charge is 2.37. The van der Waals surface area contributed by atoms with Gasteiger partial charge in [0.1, 0.15) is 0 Å². The number of rotatable bonds is 20. The zero-order valence-electron chi connectivity index (χ0n) is 22.2. The maximum atomic E-state index is 12.6. The van der Waals surface area contributed by atoms with Crippen LogP contribution in [0, 0.1) is 17.8 Å². The van der Waals surface area contributed by atoms with Gasteiger partial charge < -0.3 is 9.47 Å². The molecule has 0 saturated heterocycles. The van der Waals surface area contributed by atoms with Crippen LogP contribution >= 0.6 is 0 Å². The highest BCUT2D eigenvalue weighted by Crippen LogP contribution is 2.32. The van der Waals surface area contributed by atoms with Gasteiger partial charge in [0.2, 0.25) is 0 Å². The van der Waals surface area contributed by atoms with Crippen LogP contribution in [-0.2, 0) is 19.1 Å². The number of carbonyl (C=O) groups is 2. The Balaban J connectivity index is 2.04. The topological polar surface area (TPSA) is 52.6 Å². The first-order valence-corrected chi connectivity index (χ1v) is 14.4. The smallest absolute Gasteiger partial charge is 0.309 e. The largest absolute Gasteiger partial charge is 0.465 e. The molecule has 0 spiro atoms. The molecular weight excluding hydrogens is 412 g/mol. The van der Waals surface area contributed by atoms with E-state index in [1.807, 2.05) is 0 Å². The summed E-state index contributed by atoms with van der Waals surface area (Å²) < 4.78 is 11.1. The van der Waals surface area contributed by atoms with Gasteiger partial charge in [-0.1, -0.05) is 124 Å². The van der Waals surface area contributed by atoms with Crippen molar-refractivity contribution in [3.63, 3.8) is 0 Å². The van der Waals surface area contributed by atoms with Gasteiger partial charge >= 0.3 is 11.9 Å². The zero-order valence-corrected chi connectivity index (χ0v) is 22.2. The molecule has 1 saturated carbocycles. The average molecular weight is 467 g/mol. The van der Waals surface area contributed by atoms with Gasteiger partial charge in [-0.25, -0.2) is 0 Å². The van der Waals surface area contributed by atoms with Crippen LogP contribution in [0.15, 0.2) is 0 Å². The van der Waals surface area contributed by atoms with Crippen molar-refractivity contribution in [3.05, 3.63) is 0 Å². The summed E-state index contributed by atoms with van der Waals surface area (Å²) in [5.41, 5.74) is 0. The normalized spacial score (nSPS) is 19.2. The lowest BCUT2D eigenvalue weighted by Gasteiger charge is -2.28. The van der Waals surface area contributed by atoms with Crippen LogP contribution in [0.25, 0.3) is 0 Å². The maximum absolute atomic E-state index is 12.6. The predicted molar refractivity (Wildman–Crippen MR) is 137 cm³/mol. The highest BCUT2D eigenvalue weighted by molar-refractivity contribution is 5.82. The molecule has 0 N–H and O–H groups in total. The van der Waals surface area contributed by atoms with Crippen molar-refractivity contribution >= 4 is 11.9 Å². The second-order valence-corrected chi connectivity index (χ2v) is 10.4. The van der Waals surface area contributed by atoms with Crippen LogP contribution in [0.1, 0.15) is 143 Å². The summed E-state index contributed by atoms with van der Waals surface area (Å²) in [6, 6.07) is 0. The first kappa shape index (κ1) is 30.0. The van der Waals surface area contributed by atoms with Gasteiger partial charge in [-0.3, -0.25) is 9.59 Å². The number of ether oxygens (including phenoxy) is 2. The standard InChI is InChI=1S/C29H54O4/c1-4-6-7-8-9-10-11-12-13-14-15-16-17-20-23-32-28(30)26-21-18-19-22-27(26)29(31)33-24-25(3)5-2/h25-27H,4-24H2,1-3H3. The Kier molecular flexibility index (Phi) is 18.5. The van der Waals surface area contributed by atoms with E-state index in [2.05, 4.69) is 20.8 Å². The molecule has 0 aromatic rings. The van der Waals surface area contributed by atoms with E-state index >= 15 is 0 Å². The van der Waals surface area contributed by atoms with Gasteiger partial charge in [0.05, 0.1) is 25.0 Å². The zero-order chi connectivity index (χ0) is 24.2. The van der Waals surface area contributed by atoms with Crippen LogP contribution < -0.4 is 0 Å².